The fourth-order valence-electron chi connectivity index (χ4n) is 2.67. The van der Waals surface area contributed by atoms with Gasteiger partial charge in [-0.25, -0.2) is 8.78 Å². The zero-order valence-corrected chi connectivity index (χ0v) is 11.6. The van der Waals surface area contributed by atoms with Crippen LogP contribution in [0.3, 0.4) is 0 Å². The topological polar surface area (TPSA) is 39.2 Å². The molecule has 2 nitrogen and oxygen atoms in total. The van der Waals surface area contributed by atoms with Gasteiger partial charge in [-0.2, -0.15) is 0 Å². The van der Waals surface area contributed by atoms with Gasteiger partial charge in [-0.1, -0.05) is 31.2 Å². The van der Waals surface area contributed by atoms with E-state index < -0.39 is 17.7 Å². The average Bonchev–Trinajstić information content (AvgIpc) is 2.85. The van der Waals surface area contributed by atoms with Crippen LogP contribution in [0.25, 0.3) is 11.0 Å². The molecular formula is C17H15F2NO. The summed E-state index contributed by atoms with van der Waals surface area (Å²) in [5.74, 6) is -0.629. The van der Waals surface area contributed by atoms with Crippen LogP contribution >= 0.6 is 0 Å². The maximum absolute atomic E-state index is 14.0. The molecule has 2 N–H and O–H groups in total. The molecule has 1 atom stereocenters. The second kappa shape index (κ2) is 5.30. The summed E-state index contributed by atoms with van der Waals surface area (Å²) in [6.07, 6.45) is 0.605. The molecule has 3 rings (SSSR count). The van der Waals surface area contributed by atoms with Gasteiger partial charge in [-0.15, -0.1) is 0 Å². The molecule has 0 saturated carbocycles. The summed E-state index contributed by atoms with van der Waals surface area (Å²) in [5.41, 5.74) is 7.37. The van der Waals surface area contributed by atoms with E-state index in [0.29, 0.717) is 23.3 Å². The van der Waals surface area contributed by atoms with Crippen LogP contribution in [0.15, 0.2) is 46.9 Å². The molecule has 3 aromatic rings. The Morgan fingerprint density at radius 2 is 1.67 bits per heavy atom. The van der Waals surface area contributed by atoms with E-state index in [2.05, 4.69) is 0 Å². The normalized spacial score (nSPS) is 12.8. The van der Waals surface area contributed by atoms with Gasteiger partial charge in [-0.3, -0.25) is 0 Å². The summed E-state index contributed by atoms with van der Waals surface area (Å²) < 4.78 is 33.7. The van der Waals surface area contributed by atoms with Gasteiger partial charge < -0.3 is 10.2 Å². The van der Waals surface area contributed by atoms with E-state index in [9.17, 15) is 8.78 Å². The van der Waals surface area contributed by atoms with Gasteiger partial charge >= 0.3 is 0 Å². The number of furan rings is 1. The smallest absolute Gasteiger partial charge is 0.134 e. The highest BCUT2D eigenvalue weighted by Crippen LogP contribution is 2.35. The lowest BCUT2D eigenvalue weighted by molar-refractivity contribution is 0.527. The van der Waals surface area contributed by atoms with Gasteiger partial charge in [-0.05, 0) is 18.2 Å². The minimum Gasteiger partial charge on any atom is -0.461 e. The Hall–Kier alpha value is -2.20. The molecule has 1 unspecified atom stereocenters. The molecular weight excluding hydrogens is 272 g/mol. The van der Waals surface area contributed by atoms with Crippen LogP contribution < -0.4 is 5.73 Å². The summed E-state index contributed by atoms with van der Waals surface area (Å²) in [6.45, 7) is 1.92. The SMILES string of the molecule is CCc1oc2ccccc2c1C(N)c1c(F)cccc1F. The van der Waals surface area contributed by atoms with Crippen molar-refractivity contribution in [1.82, 2.24) is 0 Å². The third-order valence-electron chi connectivity index (χ3n) is 3.65. The van der Waals surface area contributed by atoms with Gasteiger partial charge in [0.15, 0.2) is 0 Å². The molecule has 1 heterocycles. The summed E-state index contributed by atoms with van der Waals surface area (Å²) in [4.78, 5) is 0. The first-order valence-corrected chi connectivity index (χ1v) is 6.83. The molecule has 1 aromatic heterocycles. The number of hydrogen-bond acceptors (Lipinski definition) is 2. The summed E-state index contributed by atoms with van der Waals surface area (Å²) in [7, 11) is 0. The Bertz CT molecular complexity index is 774. The number of nitrogens with two attached hydrogens (primary N) is 1. The van der Waals surface area contributed by atoms with Crippen LogP contribution in [0, 0.1) is 11.6 Å². The monoisotopic (exact) mass is 287 g/mol. The second-order valence-electron chi connectivity index (χ2n) is 4.90. The molecule has 0 bridgehead atoms. The molecule has 4 heteroatoms. The lowest BCUT2D eigenvalue weighted by Gasteiger charge is -2.14. The summed E-state index contributed by atoms with van der Waals surface area (Å²) >= 11 is 0. The number of para-hydroxylation sites is 1. The quantitative estimate of drug-likeness (QED) is 0.779. The first-order chi connectivity index (χ1) is 10.1. The maximum atomic E-state index is 14.0. The predicted octanol–water partition coefficient (Wildman–Crippen LogP) is 4.32. The fourth-order valence-corrected chi connectivity index (χ4v) is 2.67. The van der Waals surface area contributed by atoms with E-state index in [0.717, 1.165) is 5.39 Å². The second-order valence-corrected chi connectivity index (χ2v) is 4.90. The number of fused-ring (bicyclic) bond motifs is 1. The highest BCUT2D eigenvalue weighted by Gasteiger charge is 2.24. The first-order valence-electron chi connectivity index (χ1n) is 6.83. The van der Waals surface area contributed by atoms with E-state index in [-0.39, 0.29) is 5.56 Å². The van der Waals surface area contributed by atoms with Crippen LogP contribution in [-0.2, 0) is 6.42 Å². The van der Waals surface area contributed by atoms with Gasteiger partial charge in [0.05, 0.1) is 6.04 Å². The van der Waals surface area contributed by atoms with E-state index in [1.165, 1.54) is 18.2 Å². The van der Waals surface area contributed by atoms with Crippen molar-refractivity contribution in [3.8, 4) is 0 Å². The average molecular weight is 287 g/mol. The van der Waals surface area contributed by atoms with Crippen molar-refractivity contribution >= 4 is 11.0 Å². The molecule has 0 radical (unpaired) electrons. The number of halogens is 2. The highest BCUT2D eigenvalue weighted by molar-refractivity contribution is 5.83. The van der Waals surface area contributed by atoms with Crippen molar-refractivity contribution in [3.05, 3.63) is 71.0 Å². The Kier molecular flexibility index (Phi) is 3.47. The molecule has 21 heavy (non-hydrogen) atoms. The van der Waals surface area contributed by atoms with Gasteiger partial charge in [0.2, 0.25) is 0 Å². The van der Waals surface area contributed by atoms with Crippen LogP contribution in [-0.4, -0.2) is 0 Å². The van der Waals surface area contributed by atoms with Crippen molar-refractivity contribution in [2.75, 3.05) is 0 Å². The first kappa shape index (κ1) is 13.8. The zero-order valence-electron chi connectivity index (χ0n) is 11.6. The molecule has 0 aliphatic rings. The summed E-state index contributed by atoms with van der Waals surface area (Å²) in [6, 6.07) is 10.2. The molecule has 0 spiro atoms. The van der Waals surface area contributed by atoms with Crippen LogP contribution in [0.4, 0.5) is 8.78 Å². The van der Waals surface area contributed by atoms with Gasteiger partial charge in [0, 0.05) is 22.9 Å². The third-order valence-corrected chi connectivity index (χ3v) is 3.65. The fraction of sp³-hybridized carbons (Fsp3) is 0.176. The molecule has 2 aromatic carbocycles. The molecule has 0 aliphatic heterocycles. The lowest BCUT2D eigenvalue weighted by Crippen LogP contribution is -2.16. The standard InChI is InChI=1S/C17H15F2NO/c1-2-13-15(10-6-3-4-9-14(10)21-13)17(20)16-11(18)7-5-8-12(16)19/h3-9,17H,2,20H2,1H3. The molecule has 0 fully saturated rings. The molecule has 0 aliphatic carbocycles. The maximum Gasteiger partial charge on any atom is 0.134 e. The van der Waals surface area contributed by atoms with E-state index in [1.807, 2.05) is 31.2 Å². The van der Waals surface area contributed by atoms with E-state index >= 15 is 0 Å². The van der Waals surface area contributed by atoms with Crippen molar-refractivity contribution in [3.63, 3.8) is 0 Å². The van der Waals surface area contributed by atoms with Crippen LogP contribution in [0.1, 0.15) is 29.9 Å². The Morgan fingerprint density at radius 3 is 2.33 bits per heavy atom. The molecule has 108 valence electrons. The van der Waals surface area contributed by atoms with Crippen LogP contribution in [0.2, 0.25) is 0 Å². The minimum absolute atomic E-state index is 0.126. The number of aryl methyl sites for hydroxylation is 1. The zero-order chi connectivity index (χ0) is 15.0. The highest BCUT2D eigenvalue weighted by atomic mass is 19.1. The van der Waals surface area contributed by atoms with E-state index in [1.54, 1.807) is 0 Å². The van der Waals surface area contributed by atoms with Crippen molar-refractivity contribution in [2.24, 2.45) is 5.73 Å². The minimum atomic E-state index is -0.898. The largest absolute Gasteiger partial charge is 0.461 e. The lowest BCUT2D eigenvalue weighted by atomic mass is 9.95. The number of rotatable bonds is 3. The van der Waals surface area contributed by atoms with Gasteiger partial charge in [0.1, 0.15) is 23.0 Å². The van der Waals surface area contributed by atoms with E-state index in [4.69, 9.17) is 10.2 Å². The Balaban J connectivity index is 2.24. The predicted molar refractivity (Wildman–Crippen MR) is 78.0 cm³/mol. The van der Waals surface area contributed by atoms with Crippen molar-refractivity contribution in [2.45, 2.75) is 19.4 Å². The number of hydrogen-bond donors (Lipinski definition) is 1. The Labute approximate surface area is 121 Å². The Morgan fingerprint density at radius 1 is 1.00 bits per heavy atom. The van der Waals surface area contributed by atoms with Crippen molar-refractivity contribution in [1.29, 1.82) is 0 Å². The van der Waals surface area contributed by atoms with Crippen molar-refractivity contribution < 1.29 is 13.2 Å². The van der Waals surface area contributed by atoms with Gasteiger partial charge in [0.25, 0.3) is 0 Å². The molecule has 0 amide bonds. The summed E-state index contributed by atoms with van der Waals surface area (Å²) in [5, 5.41) is 0.796. The third kappa shape index (κ3) is 2.21. The van der Waals surface area contributed by atoms with Crippen LogP contribution in [0.5, 0.6) is 0 Å². The number of benzene rings is 2. The molecule has 0 saturated heterocycles.